The highest BCUT2D eigenvalue weighted by Crippen LogP contribution is 2.44. The maximum atomic E-state index is 6.39. The maximum absolute atomic E-state index is 6.39. The zero-order chi connectivity index (χ0) is 22.6. The van der Waals surface area contributed by atoms with Crippen molar-refractivity contribution in [2.45, 2.75) is 52.9 Å². The lowest BCUT2D eigenvalue weighted by atomic mass is 9.77. The molecule has 0 aliphatic carbocycles. The van der Waals surface area contributed by atoms with Crippen LogP contribution in [0.15, 0.2) is 42.5 Å². The van der Waals surface area contributed by atoms with Gasteiger partial charge in [-0.1, -0.05) is 25.4 Å². The van der Waals surface area contributed by atoms with E-state index in [-0.39, 0.29) is 5.41 Å². The second-order valence-corrected chi connectivity index (χ2v) is 8.75. The molecule has 0 N–H and O–H groups in total. The molecule has 3 rings (SSSR count). The number of allylic oxidation sites excluding steroid dienone is 1. The normalized spacial score (nSPS) is 18.0. The lowest BCUT2D eigenvalue weighted by Crippen LogP contribution is -2.30. The number of nitrogens with zero attached hydrogens (tertiary/aromatic N) is 2. The van der Waals surface area contributed by atoms with Crippen LogP contribution < -0.4 is 9.64 Å². The second kappa shape index (κ2) is 9.91. The molecule has 0 fully saturated rings. The van der Waals surface area contributed by atoms with Gasteiger partial charge >= 0.3 is 0 Å². The first-order valence-corrected chi connectivity index (χ1v) is 11.9. The Bertz CT molecular complexity index is 991. The van der Waals surface area contributed by atoms with E-state index in [0.29, 0.717) is 0 Å². The molecule has 3 nitrogen and oxygen atoms in total. The summed E-state index contributed by atoms with van der Waals surface area (Å²) in [4.78, 5) is 2.33. The SMILES string of the molecule is CCC[N+]1=C(/C=C/c2ccc(N(CC)CC)cc2OC)C(C)(CC)c2cc(Cl)ccc21. The van der Waals surface area contributed by atoms with E-state index in [2.05, 4.69) is 86.6 Å². The summed E-state index contributed by atoms with van der Waals surface area (Å²) >= 11 is 6.39. The molecular weight excluding hydrogens is 404 g/mol. The Labute approximate surface area is 193 Å². The third kappa shape index (κ3) is 4.39. The Balaban J connectivity index is 2.06. The van der Waals surface area contributed by atoms with E-state index in [1.807, 2.05) is 6.07 Å². The zero-order valence-electron chi connectivity index (χ0n) is 19.8. The summed E-state index contributed by atoms with van der Waals surface area (Å²) in [6.07, 6.45) is 6.57. The Hall–Kier alpha value is -2.26. The summed E-state index contributed by atoms with van der Waals surface area (Å²) in [5, 5.41) is 0.800. The van der Waals surface area contributed by atoms with Crippen molar-refractivity contribution in [2.75, 3.05) is 31.6 Å². The number of anilines is 1. The first-order chi connectivity index (χ1) is 14.9. The van der Waals surface area contributed by atoms with Crippen molar-refractivity contribution in [2.24, 2.45) is 0 Å². The lowest BCUT2D eigenvalue weighted by Gasteiger charge is -2.22. The number of fused-ring (bicyclic) bond motifs is 1. The van der Waals surface area contributed by atoms with Gasteiger partial charge < -0.3 is 9.64 Å². The predicted molar refractivity (Wildman–Crippen MR) is 135 cm³/mol. The smallest absolute Gasteiger partial charge is 0.209 e. The summed E-state index contributed by atoms with van der Waals surface area (Å²) in [5.41, 5.74) is 6.14. The summed E-state index contributed by atoms with van der Waals surface area (Å²) in [6, 6.07) is 12.8. The van der Waals surface area contributed by atoms with E-state index in [1.54, 1.807) is 7.11 Å². The molecule has 0 radical (unpaired) electrons. The van der Waals surface area contributed by atoms with Gasteiger partial charge in [0.25, 0.3) is 0 Å². The third-order valence-electron chi connectivity index (χ3n) is 6.62. The van der Waals surface area contributed by atoms with Gasteiger partial charge in [-0.2, -0.15) is 4.58 Å². The topological polar surface area (TPSA) is 15.5 Å². The molecule has 1 aliphatic rings. The molecule has 0 saturated carbocycles. The van der Waals surface area contributed by atoms with Gasteiger partial charge in [0.1, 0.15) is 12.3 Å². The summed E-state index contributed by atoms with van der Waals surface area (Å²) < 4.78 is 8.21. The molecule has 166 valence electrons. The lowest BCUT2D eigenvalue weighted by molar-refractivity contribution is -0.437. The number of ether oxygens (including phenoxy) is 1. The highest BCUT2D eigenvalue weighted by atomic mass is 35.5. The molecule has 1 aliphatic heterocycles. The average Bonchev–Trinajstić information content (AvgIpc) is 3.01. The van der Waals surface area contributed by atoms with Crippen molar-refractivity contribution >= 4 is 34.8 Å². The average molecular weight is 440 g/mol. The molecule has 4 heteroatoms. The van der Waals surface area contributed by atoms with Crippen LogP contribution in [0.2, 0.25) is 5.02 Å². The Morgan fingerprint density at radius 1 is 1.03 bits per heavy atom. The van der Waals surface area contributed by atoms with Crippen LogP contribution in [0.1, 0.15) is 58.6 Å². The van der Waals surface area contributed by atoms with Gasteiger partial charge in [-0.25, -0.2) is 0 Å². The molecule has 0 saturated heterocycles. The van der Waals surface area contributed by atoms with Crippen molar-refractivity contribution in [3.63, 3.8) is 0 Å². The molecule has 2 aromatic rings. The third-order valence-corrected chi connectivity index (χ3v) is 6.86. The Morgan fingerprint density at radius 2 is 1.77 bits per heavy atom. The highest BCUT2D eigenvalue weighted by Gasteiger charge is 2.46. The molecular formula is C27H36ClN2O+. The first kappa shape index (κ1) is 23.4. The van der Waals surface area contributed by atoms with Gasteiger partial charge in [0.2, 0.25) is 5.69 Å². The minimum absolute atomic E-state index is 0.0691. The van der Waals surface area contributed by atoms with E-state index in [1.165, 1.54) is 22.6 Å². The van der Waals surface area contributed by atoms with Crippen molar-refractivity contribution in [1.29, 1.82) is 0 Å². The van der Waals surface area contributed by atoms with Crippen molar-refractivity contribution in [1.82, 2.24) is 0 Å². The van der Waals surface area contributed by atoms with Crippen molar-refractivity contribution in [3.05, 3.63) is 58.6 Å². The molecule has 1 heterocycles. The van der Waals surface area contributed by atoms with Crippen LogP contribution >= 0.6 is 11.6 Å². The largest absolute Gasteiger partial charge is 0.496 e. The quantitative estimate of drug-likeness (QED) is 0.387. The molecule has 0 aromatic heterocycles. The van der Waals surface area contributed by atoms with Gasteiger partial charge in [0.05, 0.1) is 12.5 Å². The number of methoxy groups -OCH3 is 1. The van der Waals surface area contributed by atoms with E-state index in [0.717, 1.165) is 48.8 Å². The Morgan fingerprint density at radius 3 is 2.39 bits per heavy atom. The summed E-state index contributed by atoms with van der Waals surface area (Å²) in [7, 11) is 1.75. The fourth-order valence-electron chi connectivity index (χ4n) is 4.65. The second-order valence-electron chi connectivity index (χ2n) is 8.32. The van der Waals surface area contributed by atoms with Crippen LogP contribution in [0.3, 0.4) is 0 Å². The highest BCUT2D eigenvalue weighted by molar-refractivity contribution is 6.30. The number of benzene rings is 2. The van der Waals surface area contributed by atoms with Crippen LogP contribution in [-0.4, -0.2) is 37.0 Å². The maximum Gasteiger partial charge on any atom is 0.209 e. The predicted octanol–water partition coefficient (Wildman–Crippen LogP) is 7.08. The van der Waals surface area contributed by atoms with Crippen molar-refractivity contribution in [3.8, 4) is 5.75 Å². The van der Waals surface area contributed by atoms with Crippen LogP contribution in [0.25, 0.3) is 6.08 Å². The number of hydrogen-bond donors (Lipinski definition) is 0. The van der Waals surface area contributed by atoms with Crippen LogP contribution in [-0.2, 0) is 5.41 Å². The fourth-order valence-corrected chi connectivity index (χ4v) is 4.82. The Kier molecular flexibility index (Phi) is 7.48. The van der Waals surface area contributed by atoms with E-state index in [4.69, 9.17) is 16.3 Å². The fraction of sp³-hybridized carbons (Fsp3) is 0.444. The minimum atomic E-state index is -0.0691. The molecule has 0 amide bonds. The molecule has 0 spiro atoms. The minimum Gasteiger partial charge on any atom is -0.496 e. The van der Waals surface area contributed by atoms with Gasteiger partial charge in [-0.3, -0.25) is 0 Å². The van der Waals surface area contributed by atoms with E-state index >= 15 is 0 Å². The van der Waals surface area contributed by atoms with Crippen LogP contribution in [0.4, 0.5) is 11.4 Å². The van der Waals surface area contributed by atoms with Crippen LogP contribution in [0, 0.1) is 0 Å². The van der Waals surface area contributed by atoms with E-state index in [9.17, 15) is 0 Å². The summed E-state index contributed by atoms with van der Waals surface area (Å²) in [6.45, 7) is 14.1. The standard InChI is InChI=1S/C27H36ClN2O/c1-7-17-30-24-15-13-21(28)18-23(24)27(5,8-2)26(30)16-12-20-11-14-22(19-25(20)31-6)29(9-3)10-4/h11-16,18-19H,7-10,17H2,1-6H3/q+1. The summed E-state index contributed by atoms with van der Waals surface area (Å²) in [5.74, 6) is 0.903. The number of rotatable bonds is 9. The zero-order valence-corrected chi connectivity index (χ0v) is 20.6. The number of hydrogen-bond acceptors (Lipinski definition) is 2. The van der Waals surface area contributed by atoms with Crippen LogP contribution in [0.5, 0.6) is 5.75 Å². The molecule has 1 unspecified atom stereocenters. The van der Waals surface area contributed by atoms with Gasteiger partial charge in [0.15, 0.2) is 5.71 Å². The van der Waals surface area contributed by atoms with Gasteiger partial charge in [-0.05, 0) is 57.5 Å². The molecule has 1 atom stereocenters. The first-order valence-electron chi connectivity index (χ1n) is 11.5. The van der Waals surface area contributed by atoms with Gasteiger partial charge in [-0.15, -0.1) is 0 Å². The molecule has 31 heavy (non-hydrogen) atoms. The van der Waals surface area contributed by atoms with Gasteiger partial charge in [0, 0.05) is 59.6 Å². The number of halogens is 1. The van der Waals surface area contributed by atoms with E-state index < -0.39 is 0 Å². The molecule has 2 aromatic carbocycles. The monoisotopic (exact) mass is 439 g/mol. The molecule has 0 bridgehead atoms. The van der Waals surface area contributed by atoms with Crippen molar-refractivity contribution < 1.29 is 9.31 Å².